The zero-order valence-corrected chi connectivity index (χ0v) is 10.2. The molecule has 1 N–H and O–H groups in total. The quantitative estimate of drug-likeness (QED) is 0.749. The van der Waals surface area contributed by atoms with Gasteiger partial charge in [0.2, 0.25) is 0 Å². The van der Waals surface area contributed by atoms with Gasteiger partial charge in [-0.05, 0) is 24.6 Å². The summed E-state index contributed by atoms with van der Waals surface area (Å²) in [6, 6.07) is 2.77. The third-order valence-electron chi connectivity index (χ3n) is 1.57. The minimum Gasteiger partial charge on any atom is -0.297 e. The molecule has 0 aliphatic carbocycles. The molecule has 0 spiro atoms. The second-order valence-corrected chi connectivity index (χ2v) is 4.40. The van der Waals surface area contributed by atoms with Gasteiger partial charge in [-0.1, -0.05) is 31.9 Å². The largest absolute Gasteiger partial charge is 0.482 e. The van der Waals surface area contributed by atoms with Crippen molar-refractivity contribution in [2.45, 2.75) is 13.2 Å². The van der Waals surface area contributed by atoms with Gasteiger partial charge in [-0.2, -0.15) is 13.2 Å². The molecule has 0 bridgehead atoms. The smallest absolute Gasteiger partial charge is 0.297 e. The maximum Gasteiger partial charge on any atom is 0.482 e. The average Bonchev–Trinajstić information content (AvgIpc) is 1.96. The van der Waals surface area contributed by atoms with Gasteiger partial charge < -0.3 is 0 Å². The van der Waals surface area contributed by atoms with E-state index < -0.39 is 6.30 Å². The molecule has 1 aromatic carbocycles. The third kappa shape index (κ3) is 3.16. The SMILES string of the molecule is Cc1c(Br)cc(NC(F)(F)F)cc1Br. The Morgan fingerprint density at radius 2 is 1.57 bits per heavy atom. The fourth-order valence-corrected chi connectivity index (χ4v) is 2.07. The van der Waals surface area contributed by atoms with E-state index in [4.69, 9.17) is 0 Å². The predicted molar refractivity (Wildman–Crippen MR) is 56.3 cm³/mol. The van der Waals surface area contributed by atoms with E-state index in [0.717, 1.165) is 5.56 Å². The first-order valence-corrected chi connectivity index (χ1v) is 5.19. The lowest BCUT2D eigenvalue weighted by molar-refractivity contribution is -0.0999. The zero-order chi connectivity index (χ0) is 10.9. The molecule has 0 amide bonds. The van der Waals surface area contributed by atoms with Crippen LogP contribution in [-0.2, 0) is 0 Å². The average molecular weight is 333 g/mol. The van der Waals surface area contributed by atoms with Gasteiger partial charge in [-0.15, -0.1) is 0 Å². The van der Waals surface area contributed by atoms with Crippen LogP contribution in [0, 0.1) is 6.92 Å². The number of hydrogen-bond donors (Lipinski definition) is 1. The highest BCUT2D eigenvalue weighted by molar-refractivity contribution is 9.11. The summed E-state index contributed by atoms with van der Waals surface area (Å²) in [7, 11) is 0. The first-order chi connectivity index (χ1) is 6.29. The summed E-state index contributed by atoms with van der Waals surface area (Å²) < 4.78 is 37.1. The summed E-state index contributed by atoms with van der Waals surface area (Å²) in [6.07, 6.45) is -4.41. The lowest BCUT2D eigenvalue weighted by Gasteiger charge is -2.12. The van der Waals surface area contributed by atoms with Crippen molar-refractivity contribution in [2.24, 2.45) is 0 Å². The molecule has 1 rings (SSSR count). The van der Waals surface area contributed by atoms with E-state index >= 15 is 0 Å². The molecule has 1 aromatic rings. The maximum atomic E-state index is 12.0. The summed E-state index contributed by atoms with van der Waals surface area (Å²) in [5, 5.41) is 1.43. The maximum absolute atomic E-state index is 12.0. The molecular weight excluding hydrogens is 327 g/mol. The van der Waals surface area contributed by atoms with Crippen molar-refractivity contribution in [3.8, 4) is 0 Å². The topological polar surface area (TPSA) is 12.0 Å². The van der Waals surface area contributed by atoms with Crippen LogP contribution in [0.25, 0.3) is 0 Å². The van der Waals surface area contributed by atoms with E-state index in [1.165, 1.54) is 17.4 Å². The molecule has 0 heterocycles. The van der Waals surface area contributed by atoms with Crippen molar-refractivity contribution in [3.63, 3.8) is 0 Å². The van der Waals surface area contributed by atoms with Crippen LogP contribution in [0.4, 0.5) is 18.9 Å². The Kier molecular flexibility index (Phi) is 3.47. The van der Waals surface area contributed by atoms with Crippen molar-refractivity contribution in [1.29, 1.82) is 0 Å². The second-order valence-electron chi connectivity index (χ2n) is 2.69. The number of hydrogen-bond acceptors (Lipinski definition) is 1. The van der Waals surface area contributed by atoms with Crippen LogP contribution < -0.4 is 5.32 Å². The van der Waals surface area contributed by atoms with Crippen LogP contribution in [0.3, 0.4) is 0 Å². The van der Waals surface area contributed by atoms with Crippen LogP contribution in [0.1, 0.15) is 5.56 Å². The Balaban J connectivity index is 3.02. The molecule has 6 heteroatoms. The molecule has 0 saturated heterocycles. The Hall–Kier alpha value is -0.230. The standard InChI is InChI=1S/C8H6Br2F3N/c1-4-6(9)2-5(3-7(4)10)14-8(11,12)13/h2-3,14H,1H3. The Labute approximate surface area is 95.9 Å². The van der Waals surface area contributed by atoms with Crippen molar-refractivity contribution in [1.82, 2.24) is 0 Å². The summed E-state index contributed by atoms with van der Waals surface area (Å²) in [6.45, 7) is 1.80. The normalized spacial score (nSPS) is 11.6. The molecule has 0 aromatic heterocycles. The lowest BCUT2D eigenvalue weighted by atomic mass is 10.2. The number of anilines is 1. The van der Waals surface area contributed by atoms with Crippen LogP contribution >= 0.6 is 31.9 Å². The zero-order valence-electron chi connectivity index (χ0n) is 7.04. The highest BCUT2D eigenvalue weighted by atomic mass is 79.9. The fourth-order valence-electron chi connectivity index (χ4n) is 0.881. The van der Waals surface area contributed by atoms with Crippen LogP contribution in [0.2, 0.25) is 0 Å². The minimum atomic E-state index is -4.41. The highest BCUT2D eigenvalue weighted by Crippen LogP contribution is 2.30. The van der Waals surface area contributed by atoms with Gasteiger partial charge in [0.1, 0.15) is 0 Å². The summed E-state index contributed by atoms with van der Waals surface area (Å²) in [5.41, 5.74) is 0.861. The molecule has 78 valence electrons. The molecule has 0 atom stereocenters. The van der Waals surface area contributed by atoms with E-state index in [2.05, 4.69) is 31.9 Å². The number of alkyl halides is 3. The van der Waals surface area contributed by atoms with Gasteiger partial charge in [-0.3, -0.25) is 5.32 Å². The first kappa shape index (κ1) is 11.8. The van der Waals surface area contributed by atoms with Crippen molar-refractivity contribution in [3.05, 3.63) is 26.6 Å². The van der Waals surface area contributed by atoms with Gasteiger partial charge >= 0.3 is 6.30 Å². The molecule has 1 nitrogen and oxygen atoms in total. The van der Waals surface area contributed by atoms with E-state index in [1.54, 1.807) is 6.92 Å². The Morgan fingerprint density at radius 3 is 1.93 bits per heavy atom. The second kappa shape index (κ2) is 4.10. The van der Waals surface area contributed by atoms with Gasteiger partial charge in [-0.25, -0.2) is 0 Å². The molecule has 0 unspecified atom stereocenters. The molecule has 0 aliphatic heterocycles. The minimum absolute atomic E-state index is 0.00171. The number of rotatable bonds is 1. The summed E-state index contributed by atoms with van der Waals surface area (Å²) in [5.74, 6) is 0. The molecule has 0 aliphatic rings. The fraction of sp³-hybridized carbons (Fsp3) is 0.250. The highest BCUT2D eigenvalue weighted by Gasteiger charge is 2.27. The number of benzene rings is 1. The van der Waals surface area contributed by atoms with E-state index in [1.807, 2.05) is 0 Å². The molecule has 0 fully saturated rings. The van der Waals surface area contributed by atoms with Gasteiger partial charge in [0, 0.05) is 14.6 Å². The summed E-state index contributed by atoms with van der Waals surface area (Å²) >= 11 is 6.33. The van der Waals surface area contributed by atoms with Gasteiger partial charge in [0.15, 0.2) is 0 Å². The van der Waals surface area contributed by atoms with Crippen molar-refractivity contribution >= 4 is 37.5 Å². The number of halogens is 5. The van der Waals surface area contributed by atoms with E-state index in [9.17, 15) is 13.2 Å². The van der Waals surface area contributed by atoms with Crippen LogP contribution in [0.5, 0.6) is 0 Å². The molecule has 0 saturated carbocycles. The first-order valence-electron chi connectivity index (χ1n) is 3.60. The van der Waals surface area contributed by atoms with E-state index in [-0.39, 0.29) is 5.69 Å². The Bertz CT molecular complexity index is 326. The predicted octanol–water partition coefficient (Wildman–Crippen LogP) is 4.45. The number of nitrogens with one attached hydrogen (secondary N) is 1. The molecule has 14 heavy (non-hydrogen) atoms. The van der Waals surface area contributed by atoms with Gasteiger partial charge in [0.25, 0.3) is 0 Å². The third-order valence-corrected chi connectivity index (χ3v) is 3.21. The van der Waals surface area contributed by atoms with Gasteiger partial charge in [0.05, 0.1) is 0 Å². The van der Waals surface area contributed by atoms with E-state index in [0.29, 0.717) is 8.95 Å². The lowest BCUT2D eigenvalue weighted by Crippen LogP contribution is -2.20. The molecule has 0 radical (unpaired) electrons. The monoisotopic (exact) mass is 331 g/mol. The summed E-state index contributed by atoms with van der Waals surface area (Å²) in [4.78, 5) is 0. The van der Waals surface area contributed by atoms with Crippen molar-refractivity contribution in [2.75, 3.05) is 5.32 Å². The van der Waals surface area contributed by atoms with Crippen LogP contribution in [0.15, 0.2) is 21.1 Å². The van der Waals surface area contributed by atoms with Crippen molar-refractivity contribution < 1.29 is 13.2 Å². The van der Waals surface area contributed by atoms with Crippen LogP contribution in [-0.4, -0.2) is 6.30 Å². The Morgan fingerprint density at radius 1 is 1.14 bits per heavy atom. The molecular formula is C8H6Br2F3N.